The Morgan fingerprint density at radius 3 is 2.44 bits per heavy atom. The molecule has 0 spiro atoms. The van der Waals surface area contributed by atoms with Crippen molar-refractivity contribution >= 4 is 11.9 Å². The van der Waals surface area contributed by atoms with Crippen LogP contribution in [-0.2, 0) is 19.1 Å². The molecule has 0 bridgehead atoms. The fourth-order valence-electron chi connectivity index (χ4n) is 0.857. The highest BCUT2D eigenvalue weighted by Crippen LogP contribution is 2.03. The monoisotopic (exact) mass is 225 g/mol. The van der Waals surface area contributed by atoms with Crippen LogP contribution < -0.4 is 0 Å². The molecule has 0 rings (SSSR count). The van der Waals surface area contributed by atoms with Crippen LogP contribution in [0.1, 0.15) is 20.3 Å². The molecule has 0 amide bonds. The van der Waals surface area contributed by atoms with Gasteiger partial charge in [-0.25, -0.2) is 16.2 Å². The zero-order valence-corrected chi connectivity index (χ0v) is 9.49. The molecule has 0 heterocycles. The molecular weight excluding hydrogens is 210 g/mol. The minimum absolute atomic E-state index is 0.0648. The van der Waals surface area contributed by atoms with Gasteiger partial charge in [-0.3, -0.25) is 0 Å². The molecule has 0 aromatic carbocycles. The smallest absolute Gasteiger partial charge is 0.390 e. The predicted molar refractivity (Wildman–Crippen MR) is 57.4 cm³/mol. The highest BCUT2D eigenvalue weighted by atomic mass is 16.5. The molecule has 0 aromatic rings. The molecule has 0 fully saturated rings. The third-order valence-corrected chi connectivity index (χ3v) is 1.77. The maximum atomic E-state index is 11.3. The summed E-state index contributed by atoms with van der Waals surface area (Å²) in [6, 6.07) is -0.810. The van der Waals surface area contributed by atoms with Crippen molar-refractivity contribution in [1.82, 2.24) is 0 Å². The van der Waals surface area contributed by atoms with Crippen molar-refractivity contribution in [3.63, 3.8) is 0 Å². The van der Waals surface area contributed by atoms with Crippen LogP contribution >= 0.6 is 0 Å². The molecule has 1 unspecified atom stereocenters. The lowest BCUT2D eigenvalue weighted by Crippen LogP contribution is -2.22. The first-order chi connectivity index (χ1) is 7.56. The number of hydrogen-bond acceptors (Lipinski definition) is 4. The van der Waals surface area contributed by atoms with E-state index in [1.54, 1.807) is 13.8 Å². The first-order valence-electron chi connectivity index (χ1n) is 4.94. The summed E-state index contributed by atoms with van der Waals surface area (Å²) in [7, 11) is 0. The van der Waals surface area contributed by atoms with E-state index in [9.17, 15) is 9.59 Å². The summed E-state index contributed by atoms with van der Waals surface area (Å²) in [5.41, 5.74) is 0.0648. The number of esters is 2. The Hall–Kier alpha value is -1.83. The molecule has 0 aromatic heterocycles. The van der Waals surface area contributed by atoms with E-state index in [0.717, 1.165) is 0 Å². The van der Waals surface area contributed by atoms with Crippen LogP contribution in [-0.4, -0.2) is 31.2 Å². The van der Waals surface area contributed by atoms with E-state index in [0.29, 0.717) is 6.42 Å². The first-order valence-corrected chi connectivity index (χ1v) is 4.94. The van der Waals surface area contributed by atoms with Gasteiger partial charge in [0, 0.05) is 6.42 Å². The second-order valence-corrected chi connectivity index (χ2v) is 2.98. The summed E-state index contributed by atoms with van der Waals surface area (Å²) >= 11 is 0. The van der Waals surface area contributed by atoms with Crippen molar-refractivity contribution in [2.45, 2.75) is 26.3 Å². The lowest BCUT2D eigenvalue weighted by molar-refractivity contribution is -0.145. The first kappa shape index (κ1) is 14.2. The van der Waals surface area contributed by atoms with Gasteiger partial charge in [0.2, 0.25) is 0 Å². The van der Waals surface area contributed by atoms with E-state index in [1.807, 2.05) is 0 Å². The summed E-state index contributed by atoms with van der Waals surface area (Å²) < 4.78 is 9.42. The Labute approximate surface area is 94.9 Å². The highest BCUT2D eigenvalue weighted by molar-refractivity contribution is 5.88. The van der Waals surface area contributed by atoms with Crippen molar-refractivity contribution in [2.75, 3.05) is 13.2 Å². The Morgan fingerprint density at radius 2 is 2.00 bits per heavy atom. The van der Waals surface area contributed by atoms with Gasteiger partial charge in [0.15, 0.2) is 0 Å². The summed E-state index contributed by atoms with van der Waals surface area (Å²) in [6.45, 7) is 13.6. The van der Waals surface area contributed by atoms with Gasteiger partial charge in [0.25, 0.3) is 0 Å². The summed E-state index contributed by atoms with van der Waals surface area (Å²) in [5, 5.41) is 0. The fraction of sp³-hybridized carbons (Fsp3) is 0.545. The Balaban J connectivity index is 4.07. The molecular formula is C11H15NO4. The molecule has 0 aliphatic heterocycles. The fourth-order valence-corrected chi connectivity index (χ4v) is 0.857. The predicted octanol–water partition coefficient (Wildman–Crippen LogP) is 1.35. The van der Waals surface area contributed by atoms with Crippen molar-refractivity contribution in [3.8, 4) is 0 Å². The van der Waals surface area contributed by atoms with Crippen molar-refractivity contribution < 1.29 is 19.1 Å². The Morgan fingerprint density at radius 1 is 1.38 bits per heavy atom. The standard InChI is InChI=1S/C11H15NO4/c1-5-9(12-4)11(14)16-7-8(3)10(13)15-6-2/h9H,3,5-7H2,1-2H3. The zero-order chi connectivity index (χ0) is 12.6. The third-order valence-electron chi connectivity index (χ3n) is 1.77. The van der Waals surface area contributed by atoms with Crippen LogP contribution in [0.4, 0.5) is 0 Å². The van der Waals surface area contributed by atoms with Crippen LogP contribution in [0.25, 0.3) is 4.85 Å². The average Bonchev–Trinajstić information content (AvgIpc) is 2.27. The average molecular weight is 225 g/mol. The number of rotatable bonds is 6. The van der Waals surface area contributed by atoms with E-state index in [1.165, 1.54) is 0 Å². The van der Waals surface area contributed by atoms with Gasteiger partial charge in [0.05, 0.1) is 12.2 Å². The largest absolute Gasteiger partial charge is 0.463 e. The molecule has 0 aliphatic rings. The molecule has 5 heteroatoms. The van der Waals surface area contributed by atoms with Crippen LogP contribution in [0.3, 0.4) is 0 Å². The number of hydrogen-bond donors (Lipinski definition) is 0. The molecule has 88 valence electrons. The van der Waals surface area contributed by atoms with E-state index >= 15 is 0 Å². The van der Waals surface area contributed by atoms with Crippen molar-refractivity contribution in [1.29, 1.82) is 0 Å². The highest BCUT2D eigenvalue weighted by Gasteiger charge is 2.23. The minimum Gasteiger partial charge on any atom is -0.463 e. The molecule has 16 heavy (non-hydrogen) atoms. The maximum absolute atomic E-state index is 11.3. The van der Waals surface area contributed by atoms with Crippen LogP contribution in [0, 0.1) is 6.57 Å². The number of ether oxygens (including phenoxy) is 2. The van der Waals surface area contributed by atoms with Crippen LogP contribution in [0.15, 0.2) is 12.2 Å². The molecule has 1 atom stereocenters. The van der Waals surface area contributed by atoms with E-state index in [4.69, 9.17) is 11.3 Å². The number of nitrogens with zero attached hydrogens (tertiary/aromatic N) is 1. The van der Waals surface area contributed by atoms with E-state index < -0.39 is 18.0 Å². The van der Waals surface area contributed by atoms with E-state index in [-0.39, 0.29) is 18.8 Å². The third kappa shape index (κ3) is 4.60. The molecule has 0 radical (unpaired) electrons. The van der Waals surface area contributed by atoms with Crippen LogP contribution in [0.2, 0.25) is 0 Å². The van der Waals surface area contributed by atoms with Crippen molar-refractivity contribution in [3.05, 3.63) is 23.6 Å². The molecule has 0 aliphatic carbocycles. The summed E-state index contributed by atoms with van der Waals surface area (Å²) in [5.74, 6) is -1.23. The van der Waals surface area contributed by atoms with Gasteiger partial charge in [-0.15, -0.1) is 0 Å². The van der Waals surface area contributed by atoms with Gasteiger partial charge < -0.3 is 14.3 Å². The van der Waals surface area contributed by atoms with Gasteiger partial charge in [-0.05, 0) is 6.92 Å². The SMILES string of the molecule is [C-]#[N+]C(CC)C(=O)OCC(=C)C(=O)OCC. The maximum Gasteiger partial charge on any atom is 0.390 e. The molecule has 5 nitrogen and oxygen atoms in total. The quantitative estimate of drug-likeness (QED) is 0.389. The zero-order valence-electron chi connectivity index (χ0n) is 9.49. The minimum atomic E-state index is -0.810. The summed E-state index contributed by atoms with van der Waals surface area (Å²) in [4.78, 5) is 25.4. The molecule has 0 saturated heterocycles. The van der Waals surface area contributed by atoms with Crippen molar-refractivity contribution in [2.24, 2.45) is 0 Å². The van der Waals surface area contributed by atoms with E-state index in [2.05, 4.69) is 16.2 Å². The van der Waals surface area contributed by atoms with Gasteiger partial charge in [0.1, 0.15) is 6.61 Å². The molecule has 0 N–H and O–H groups in total. The Kier molecular flexibility index (Phi) is 6.61. The summed E-state index contributed by atoms with van der Waals surface area (Å²) in [6.07, 6.45) is 0.383. The number of carbonyl (C=O) groups excluding carboxylic acids is 2. The van der Waals surface area contributed by atoms with Gasteiger partial charge in [-0.2, -0.15) is 0 Å². The lowest BCUT2D eigenvalue weighted by atomic mass is 10.2. The normalized spacial score (nSPS) is 11.1. The van der Waals surface area contributed by atoms with Gasteiger partial charge >= 0.3 is 18.0 Å². The van der Waals surface area contributed by atoms with Crippen LogP contribution in [0.5, 0.6) is 0 Å². The van der Waals surface area contributed by atoms with Gasteiger partial charge in [-0.1, -0.05) is 13.5 Å². The number of carbonyl (C=O) groups is 2. The second-order valence-electron chi connectivity index (χ2n) is 2.98. The lowest BCUT2D eigenvalue weighted by Gasteiger charge is -2.07. The second kappa shape index (κ2) is 7.46. The molecule has 0 saturated carbocycles. The Bertz CT molecular complexity index is 316. The topological polar surface area (TPSA) is 57.0 Å².